The van der Waals surface area contributed by atoms with Crippen molar-refractivity contribution in [3.63, 3.8) is 0 Å². The fourth-order valence-electron chi connectivity index (χ4n) is 8.16. The number of aromatic nitrogens is 2. The molecule has 1 aliphatic carbocycles. The summed E-state index contributed by atoms with van der Waals surface area (Å²) in [6.07, 6.45) is 0. The molecule has 0 saturated heterocycles. The minimum Gasteiger partial charge on any atom is -0.309 e. The van der Waals surface area contributed by atoms with E-state index in [2.05, 4.69) is 163 Å². The summed E-state index contributed by atoms with van der Waals surface area (Å²) in [5, 5.41) is 7.48. The normalized spacial score (nSPS) is 13.6. The quantitative estimate of drug-likeness (QED) is 0.195. The highest BCUT2D eigenvalue weighted by molar-refractivity contribution is 6.23. The van der Waals surface area contributed by atoms with Gasteiger partial charge >= 0.3 is 0 Å². The molecular weight excluding hydrogens is 544 g/mol. The molecule has 2 aromatic heterocycles. The third-order valence-electron chi connectivity index (χ3n) is 10.1. The molecule has 0 radical (unpaired) electrons. The number of nitrogens with zero attached hydrogens (tertiary/aromatic N) is 2. The molecular formula is C43H28N2. The first kappa shape index (κ1) is 24.6. The number of hydrogen-bond donors (Lipinski definition) is 0. The van der Waals surface area contributed by atoms with E-state index in [0.29, 0.717) is 0 Å². The van der Waals surface area contributed by atoms with E-state index >= 15 is 0 Å². The lowest BCUT2D eigenvalue weighted by atomic mass is 9.68. The second-order valence-electron chi connectivity index (χ2n) is 12.8. The second-order valence-corrected chi connectivity index (χ2v) is 12.8. The van der Waals surface area contributed by atoms with Crippen LogP contribution in [0.3, 0.4) is 0 Å². The first-order valence-electron chi connectivity index (χ1n) is 15.6. The molecule has 9 aromatic rings. The Balaban J connectivity index is 1.40. The van der Waals surface area contributed by atoms with Crippen LogP contribution < -0.4 is 0 Å². The predicted molar refractivity (Wildman–Crippen MR) is 188 cm³/mol. The van der Waals surface area contributed by atoms with Crippen LogP contribution in [0.25, 0.3) is 76.9 Å². The highest BCUT2D eigenvalue weighted by Gasteiger charge is 2.35. The van der Waals surface area contributed by atoms with E-state index in [4.69, 9.17) is 0 Å². The van der Waals surface area contributed by atoms with Gasteiger partial charge in [0, 0.05) is 38.5 Å². The number of benzene rings is 6. The fourth-order valence-corrected chi connectivity index (χ4v) is 8.16. The molecule has 0 fully saturated rings. The molecule has 45 heavy (non-hydrogen) atoms. The van der Waals surface area contributed by atoms with E-state index in [-0.39, 0.29) is 5.41 Å². The molecule has 0 aliphatic heterocycles. The van der Waals surface area contributed by atoms with Gasteiger partial charge in [-0.3, -0.25) is 0 Å². The Morgan fingerprint density at radius 2 is 1.36 bits per heavy atom. The molecule has 2 nitrogen and oxygen atoms in total. The molecule has 0 saturated carbocycles. The molecule has 0 atom stereocenters. The summed E-state index contributed by atoms with van der Waals surface area (Å²) in [5.74, 6) is 0. The molecule has 7 aromatic carbocycles. The van der Waals surface area contributed by atoms with Gasteiger partial charge in [0.15, 0.2) is 0 Å². The molecule has 0 bridgehead atoms. The van der Waals surface area contributed by atoms with Gasteiger partial charge in [0.25, 0.3) is 0 Å². The minimum absolute atomic E-state index is 0.101. The zero-order valence-electron chi connectivity index (χ0n) is 25.1. The van der Waals surface area contributed by atoms with Crippen LogP contribution in [0.4, 0.5) is 0 Å². The van der Waals surface area contributed by atoms with Gasteiger partial charge in [0.1, 0.15) is 0 Å². The Labute approximate surface area is 261 Å². The molecule has 0 amide bonds. The van der Waals surface area contributed by atoms with Crippen molar-refractivity contribution in [3.8, 4) is 22.5 Å². The smallest absolute Gasteiger partial charge is 0.0631 e. The average molecular weight is 573 g/mol. The van der Waals surface area contributed by atoms with Crippen molar-refractivity contribution in [2.24, 2.45) is 0 Å². The summed E-state index contributed by atoms with van der Waals surface area (Å²) < 4.78 is 4.87. The van der Waals surface area contributed by atoms with Crippen molar-refractivity contribution in [1.29, 1.82) is 0 Å². The Kier molecular flexibility index (Phi) is 4.74. The van der Waals surface area contributed by atoms with E-state index in [0.717, 1.165) is 27.8 Å². The zero-order valence-corrected chi connectivity index (χ0v) is 25.1. The Hall–Kier alpha value is -5.78. The van der Waals surface area contributed by atoms with Crippen LogP contribution in [0.15, 0.2) is 133 Å². The lowest BCUT2D eigenvalue weighted by molar-refractivity contribution is 0.645. The van der Waals surface area contributed by atoms with Crippen molar-refractivity contribution < 1.29 is 0 Å². The molecule has 0 N–H and O–H groups in total. The third kappa shape index (κ3) is 3.15. The topological polar surface area (TPSA) is 9.86 Å². The molecule has 2 heterocycles. The Morgan fingerprint density at radius 3 is 2.27 bits per heavy atom. The van der Waals surface area contributed by atoms with Crippen molar-refractivity contribution in [1.82, 2.24) is 9.13 Å². The highest BCUT2D eigenvalue weighted by Crippen LogP contribution is 2.52. The van der Waals surface area contributed by atoms with E-state index in [9.17, 15) is 0 Å². The molecule has 2 heteroatoms. The van der Waals surface area contributed by atoms with Gasteiger partial charge in [0.05, 0.1) is 27.5 Å². The third-order valence-corrected chi connectivity index (χ3v) is 10.1. The molecule has 0 spiro atoms. The van der Waals surface area contributed by atoms with Crippen LogP contribution in [0.1, 0.15) is 25.0 Å². The Bertz CT molecular complexity index is 2670. The summed E-state index contributed by atoms with van der Waals surface area (Å²) in [4.78, 5) is 0. The molecule has 10 rings (SSSR count). The van der Waals surface area contributed by atoms with Crippen molar-refractivity contribution in [2.45, 2.75) is 19.3 Å². The van der Waals surface area contributed by atoms with Gasteiger partial charge in [-0.15, -0.1) is 0 Å². The van der Waals surface area contributed by atoms with Gasteiger partial charge in [-0.25, -0.2) is 0 Å². The lowest BCUT2D eigenvalue weighted by Crippen LogP contribution is -2.23. The standard InChI is InChI=1S/C43H28N2/c1-43(2)35-19-9-6-18-33(35)41-40-27(13-12-20-36(40)43)25-34-31-17-8-11-22-38(31)45(42(34)41)29-23-24-32-30-16-7-10-21-37(30)44(39(32)26-29)28-14-4-3-5-15-28/h3-6,8-15,17-26H,1-2H3. The van der Waals surface area contributed by atoms with Crippen LogP contribution in [-0.4, -0.2) is 9.13 Å². The molecule has 0 unspecified atom stereocenters. The summed E-state index contributed by atoms with van der Waals surface area (Å²) in [5.41, 5.74) is 12.4. The van der Waals surface area contributed by atoms with Gasteiger partial charge in [-0.1, -0.05) is 105 Å². The summed E-state index contributed by atoms with van der Waals surface area (Å²) in [7, 11) is 0. The number of para-hydroxylation sites is 2. The van der Waals surface area contributed by atoms with Crippen LogP contribution in [-0.2, 0) is 5.41 Å². The second kappa shape index (κ2) is 8.65. The van der Waals surface area contributed by atoms with Crippen molar-refractivity contribution >= 4 is 54.4 Å². The first-order chi connectivity index (χ1) is 22.1. The van der Waals surface area contributed by atoms with Gasteiger partial charge in [-0.05, 0) is 82.1 Å². The summed E-state index contributed by atoms with van der Waals surface area (Å²) >= 11 is 0. The van der Waals surface area contributed by atoms with E-state index in [1.54, 1.807) is 0 Å². The van der Waals surface area contributed by atoms with Crippen LogP contribution in [0.5, 0.6) is 0 Å². The minimum atomic E-state index is -0.101. The van der Waals surface area contributed by atoms with Crippen LogP contribution in [0, 0.1) is 12.1 Å². The van der Waals surface area contributed by atoms with Gasteiger partial charge in [-0.2, -0.15) is 0 Å². The lowest BCUT2D eigenvalue weighted by Gasteiger charge is -2.35. The van der Waals surface area contributed by atoms with Crippen molar-refractivity contribution in [3.05, 3.63) is 157 Å². The highest BCUT2D eigenvalue weighted by atomic mass is 15.0. The summed E-state index contributed by atoms with van der Waals surface area (Å²) in [6, 6.07) is 55.5. The van der Waals surface area contributed by atoms with E-state index in [1.165, 1.54) is 60.2 Å². The fraction of sp³-hybridized carbons (Fsp3) is 0.0698. The number of hydrogen-bond acceptors (Lipinski definition) is 0. The zero-order chi connectivity index (χ0) is 29.9. The average Bonchev–Trinajstić information content (AvgIpc) is 3.59. The SMILES string of the molecule is CC1(C)c2ccccc2-c2c3c1cccc3cc1c3ccccc3n(-c3ccc4c5c#cccc5n(-c5ccccc5)c4c3)c21. The Morgan fingerprint density at radius 1 is 0.556 bits per heavy atom. The monoisotopic (exact) mass is 572 g/mol. The van der Waals surface area contributed by atoms with Crippen molar-refractivity contribution in [2.75, 3.05) is 0 Å². The maximum absolute atomic E-state index is 3.42. The maximum atomic E-state index is 3.42. The van der Waals surface area contributed by atoms with Crippen LogP contribution in [0.2, 0.25) is 0 Å². The number of rotatable bonds is 2. The predicted octanol–water partition coefficient (Wildman–Crippen LogP) is 10.9. The largest absolute Gasteiger partial charge is 0.309 e. The van der Waals surface area contributed by atoms with Gasteiger partial charge < -0.3 is 9.13 Å². The van der Waals surface area contributed by atoms with E-state index in [1.807, 2.05) is 6.07 Å². The first-order valence-corrected chi connectivity index (χ1v) is 15.6. The molecule has 1 aliphatic rings. The molecule has 210 valence electrons. The summed E-state index contributed by atoms with van der Waals surface area (Å²) in [6.45, 7) is 4.74. The maximum Gasteiger partial charge on any atom is 0.0631 e. The van der Waals surface area contributed by atoms with Gasteiger partial charge in [0.2, 0.25) is 0 Å². The van der Waals surface area contributed by atoms with E-state index < -0.39 is 0 Å². The number of fused-ring (bicyclic) bond motifs is 9. The van der Waals surface area contributed by atoms with Crippen LogP contribution >= 0.6 is 0 Å².